The molecule has 0 fully saturated rings. The quantitative estimate of drug-likeness (QED) is 0.310. The molecule has 38 heavy (non-hydrogen) atoms. The fourth-order valence-corrected chi connectivity index (χ4v) is 4.67. The van der Waals surface area contributed by atoms with E-state index in [-0.39, 0.29) is 12.2 Å². The molecule has 196 valence electrons. The topological polar surface area (TPSA) is 67.7 Å². The monoisotopic (exact) mass is 522 g/mol. The van der Waals surface area contributed by atoms with E-state index in [1.165, 1.54) is 9.58 Å². The molecular weight excluding hydrogens is 497 g/mol. The largest absolute Gasteiger partial charge is 0.493 e. The Morgan fingerprint density at radius 2 is 1.61 bits per heavy atom. The smallest absolute Gasteiger partial charge is 0.435 e. The summed E-state index contributed by atoms with van der Waals surface area (Å²) in [5.74, 6) is -0.467. The first-order valence-electron chi connectivity index (χ1n) is 12.1. The fourth-order valence-electron chi connectivity index (χ4n) is 4.67. The predicted molar refractivity (Wildman–Crippen MR) is 137 cm³/mol. The third-order valence-electron chi connectivity index (χ3n) is 6.43. The Morgan fingerprint density at radius 1 is 0.921 bits per heavy atom. The number of nitrogens with zero attached hydrogens (tertiary/aromatic N) is 4. The van der Waals surface area contributed by atoms with Gasteiger partial charge in [-0.1, -0.05) is 24.3 Å². The van der Waals surface area contributed by atoms with Gasteiger partial charge in [0.2, 0.25) is 0 Å². The zero-order valence-electron chi connectivity index (χ0n) is 21.0. The number of hydrogen-bond acceptors (Lipinski definition) is 5. The molecule has 2 amide bonds. The van der Waals surface area contributed by atoms with Crippen molar-refractivity contribution in [1.29, 1.82) is 0 Å². The van der Waals surface area contributed by atoms with E-state index in [9.17, 15) is 22.8 Å². The standard InChI is InChI=1S/C28H25F3N4O3/c1-4-38-23-11-6-5-8-17(23)22-16-24(28(29,30)31)32-35(22)21-13-12-20-25-18(21)9-7-10-19(25)26(36)34(27(20)37)15-14-33(2)3/h5-13,16H,4,14-15H2,1-3H3. The Bertz CT molecular complexity index is 1540. The van der Waals surface area contributed by atoms with E-state index in [1.54, 1.807) is 61.5 Å². The normalized spacial score (nSPS) is 13.6. The number of ether oxygens (including phenoxy) is 1. The Hall–Kier alpha value is -4.18. The molecule has 4 aromatic rings. The highest BCUT2D eigenvalue weighted by Gasteiger charge is 2.37. The molecule has 2 heterocycles. The van der Waals surface area contributed by atoms with Gasteiger partial charge in [-0.15, -0.1) is 0 Å². The number of aromatic nitrogens is 2. The van der Waals surface area contributed by atoms with Gasteiger partial charge in [0.25, 0.3) is 11.8 Å². The summed E-state index contributed by atoms with van der Waals surface area (Å²) in [7, 11) is 3.70. The van der Waals surface area contributed by atoms with Crippen molar-refractivity contribution in [2.24, 2.45) is 0 Å². The minimum Gasteiger partial charge on any atom is -0.493 e. The zero-order chi connectivity index (χ0) is 27.2. The maximum atomic E-state index is 13.8. The number of hydrogen-bond donors (Lipinski definition) is 0. The third-order valence-corrected chi connectivity index (χ3v) is 6.43. The van der Waals surface area contributed by atoms with Gasteiger partial charge in [-0.3, -0.25) is 14.5 Å². The van der Waals surface area contributed by atoms with E-state index in [4.69, 9.17) is 4.74 Å². The Balaban J connectivity index is 1.73. The summed E-state index contributed by atoms with van der Waals surface area (Å²) >= 11 is 0. The molecule has 1 aliphatic heterocycles. The lowest BCUT2D eigenvalue weighted by atomic mass is 9.93. The van der Waals surface area contributed by atoms with Crippen LogP contribution in [0.3, 0.4) is 0 Å². The summed E-state index contributed by atoms with van der Waals surface area (Å²) < 4.78 is 48.4. The van der Waals surface area contributed by atoms with Crippen molar-refractivity contribution in [3.63, 3.8) is 0 Å². The van der Waals surface area contributed by atoms with Crippen LogP contribution in [-0.2, 0) is 6.18 Å². The van der Waals surface area contributed by atoms with Gasteiger partial charge in [0.1, 0.15) is 5.75 Å². The number of para-hydroxylation sites is 1. The molecule has 0 N–H and O–H groups in total. The van der Waals surface area contributed by atoms with E-state index < -0.39 is 23.7 Å². The lowest BCUT2D eigenvalue weighted by Gasteiger charge is -2.28. The van der Waals surface area contributed by atoms with E-state index in [2.05, 4.69) is 5.10 Å². The van der Waals surface area contributed by atoms with Gasteiger partial charge in [-0.25, -0.2) is 4.68 Å². The summed E-state index contributed by atoms with van der Waals surface area (Å²) in [6, 6.07) is 15.9. The molecule has 0 saturated carbocycles. The summed E-state index contributed by atoms with van der Waals surface area (Å²) in [6.45, 7) is 2.83. The van der Waals surface area contributed by atoms with Crippen molar-refractivity contribution in [1.82, 2.24) is 19.6 Å². The first-order valence-corrected chi connectivity index (χ1v) is 12.1. The van der Waals surface area contributed by atoms with Gasteiger partial charge in [0, 0.05) is 40.6 Å². The fraction of sp³-hybridized carbons (Fsp3) is 0.250. The molecule has 1 aliphatic rings. The molecule has 0 bridgehead atoms. The van der Waals surface area contributed by atoms with Crippen molar-refractivity contribution in [3.8, 4) is 22.7 Å². The van der Waals surface area contributed by atoms with Crippen molar-refractivity contribution < 1.29 is 27.5 Å². The number of imide groups is 1. The second kappa shape index (κ2) is 9.60. The van der Waals surface area contributed by atoms with Crippen LogP contribution in [0.5, 0.6) is 5.75 Å². The second-order valence-corrected chi connectivity index (χ2v) is 9.18. The first-order chi connectivity index (χ1) is 18.1. The van der Waals surface area contributed by atoms with Gasteiger partial charge < -0.3 is 9.64 Å². The van der Waals surface area contributed by atoms with Crippen LogP contribution in [0, 0.1) is 0 Å². The number of likely N-dealkylation sites (N-methyl/N-ethyl adjacent to an activating group) is 1. The van der Waals surface area contributed by atoms with Crippen LogP contribution < -0.4 is 4.74 Å². The highest BCUT2D eigenvalue weighted by atomic mass is 19.4. The number of alkyl halides is 3. The van der Waals surface area contributed by atoms with Gasteiger partial charge in [0.15, 0.2) is 5.69 Å². The summed E-state index contributed by atoms with van der Waals surface area (Å²) in [5, 5.41) is 4.78. The van der Waals surface area contributed by atoms with Gasteiger partial charge >= 0.3 is 6.18 Å². The van der Waals surface area contributed by atoms with E-state index in [1.807, 2.05) is 19.0 Å². The van der Waals surface area contributed by atoms with Gasteiger partial charge in [-0.05, 0) is 57.4 Å². The number of amides is 2. The Morgan fingerprint density at radius 3 is 2.29 bits per heavy atom. The molecule has 0 spiro atoms. The number of rotatable bonds is 7. The minimum absolute atomic E-state index is 0.170. The average Bonchev–Trinajstić information content (AvgIpc) is 3.33. The molecule has 0 atom stereocenters. The van der Waals surface area contributed by atoms with E-state index in [0.717, 1.165) is 6.07 Å². The van der Waals surface area contributed by atoms with Crippen LogP contribution in [0.25, 0.3) is 27.7 Å². The second-order valence-electron chi connectivity index (χ2n) is 9.18. The van der Waals surface area contributed by atoms with Gasteiger partial charge in [-0.2, -0.15) is 18.3 Å². The molecule has 1 aromatic heterocycles. The highest BCUT2D eigenvalue weighted by molar-refractivity contribution is 6.26. The minimum atomic E-state index is -4.69. The summed E-state index contributed by atoms with van der Waals surface area (Å²) in [6.07, 6.45) is -4.69. The zero-order valence-corrected chi connectivity index (χ0v) is 21.0. The number of carbonyl (C=O) groups is 2. The molecule has 0 saturated heterocycles. The van der Waals surface area contributed by atoms with Crippen molar-refractivity contribution in [3.05, 3.63) is 77.5 Å². The van der Waals surface area contributed by atoms with Crippen LogP contribution in [0.4, 0.5) is 13.2 Å². The Kier molecular flexibility index (Phi) is 6.44. The van der Waals surface area contributed by atoms with Crippen molar-refractivity contribution in [2.75, 3.05) is 33.8 Å². The Labute approximate surface area is 217 Å². The van der Waals surface area contributed by atoms with E-state index in [0.29, 0.717) is 52.1 Å². The van der Waals surface area contributed by atoms with Crippen molar-refractivity contribution >= 4 is 22.6 Å². The molecule has 0 unspecified atom stereocenters. The lowest BCUT2D eigenvalue weighted by molar-refractivity contribution is -0.141. The molecule has 5 rings (SSSR count). The molecule has 0 radical (unpaired) electrons. The van der Waals surface area contributed by atoms with Gasteiger partial charge in [0.05, 0.1) is 18.0 Å². The summed E-state index contributed by atoms with van der Waals surface area (Å²) in [5.41, 5.74) is 0.475. The first kappa shape index (κ1) is 25.5. The average molecular weight is 523 g/mol. The third kappa shape index (κ3) is 4.30. The van der Waals surface area contributed by atoms with Crippen LogP contribution in [0.1, 0.15) is 33.3 Å². The predicted octanol–water partition coefficient (Wildman–Crippen LogP) is 5.27. The highest BCUT2D eigenvalue weighted by Crippen LogP contribution is 2.39. The van der Waals surface area contributed by atoms with Crippen molar-refractivity contribution in [2.45, 2.75) is 13.1 Å². The van der Waals surface area contributed by atoms with E-state index >= 15 is 0 Å². The number of carbonyl (C=O) groups excluding carboxylic acids is 2. The molecular formula is C28H25F3N4O3. The molecule has 0 aliphatic carbocycles. The molecule has 3 aromatic carbocycles. The maximum Gasteiger partial charge on any atom is 0.435 e. The lowest BCUT2D eigenvalue weighted by Crippen LogP contribution is -2.43. The molecule has 7 nitrogen and oxygen atoms in total. The van der Waals surface area contributed by atoms with Crippen LogP contribution in [-0.4, -0.2) is 65.2 Å². The number of halogens is 3. The van der Waals surface area contributed by atoms with Crippen LogP contribution in [0.2, 0.25) is 0 Å². The molecule has 10 heteroatoms. The SMILES string of the molecule is CCOc1ccccc1-c1cc(C(F)(F)F)nn1-c1ccc2c3c(cccc13)C(=O)N(CCN(C)C)C2=O. The van der Waals surface area contributed by atoms with Crippen LogP contribution in [0.15, 0.2) is 60.7 Å². The number of benzene rings is 3. The maximum absolute atomic E-state index is 13.8. The van der Waals surface area contributed by atoms with Crippen LogP contribution >= 0.6 is 0 Å². The summed E-state index contributed by atoms with van der Waals surface area (Å²) in [4.78, 5) is 29.7.